The molecular formula is C18H21N3O3S. The van der Waals surface area contributed by atoms with Gasteiger partial charge in [-0.1, -0.05) is 12.8 Å². The summed E-state index contributed by atoms with van der Waals surface area (Å²) < 4.78 is 13.0. The second-order valence-corrected chi connectivity index (χ2v) is 7.29. The highest BCUT2D eigenvalue weighted by molar-refractivity contribution is 8.00. The van der Waals surface area contributed by atoms with Crippen molar-refractivity contribution in [1.82, 2.24) is 9.78 Å². The molecule has 1 fully saturated rings. The molecule has 1 amide bonds. The third-order valence-corrected chi connectivity index (χ3v) is 5.49. The molecule has 1 aromatic heterocycles. The van der Waals surface area contributed by atoms with E-state index in [9.17, 15) is 4.79 Å². The second kappa shape index (κ2) is 7.39. The van der Waals surface area contributed by atoms with E-state index in [2.05, 4.69) is 10.4 Å². The van der Waals surface area contributed by atoms with Gasteiger partial charge in [0.25, 0.3) is 0 Å². The fraction of sp³-hybridized carbons (Fsp3) is 0.444. The van der Waals surface area contributed by atoms with Gasteiger partial charge in [-0.15, -0.1) is 11.8 Å². The van der Waals surface area contributed by atoms with E-state index < -0.39 is 0 Å². The van der Waals surface area contributed by atoms with Gasteiger partial charge in [-0.3, -0.25) is 4.79 Å². The monoisotopic (exact) mass is 359 g/mol. The minimum Gasteiger partial charge on any atom is -0.486 e. The molecule has 0 unspecified atom stereocenters. The van der Waals surface area contributed by atoms with Gasteiger partial charge in [0.1, 0.15) is 19.0 Å². The van der Waals surface area contributed by atoms with Crippen LogP contribution in [0, 0.1) is 0 Å². The molecule has 7 heteroatoms. The van der Waals surface area contributed by atoms with Crippen molar-refractivity contribution in [1.29, 1.82) is 0 Å². The SMILES string of the molecule is O=C(CSc1ccc2c(c1)OCCO2)Nc1ccnn1C1CCCC1. The van der Waals surface area contributed by atoms with Crippen LogP contribution in [0.5, 0.6) is 11.5 Å². The summed E-state index contributed by atoms with van der Waals surface area (Å²) in [4.78, 5) is 13.3. The summed E-state index contributed by atoms with van der Waals surface area (Å²) >= 11 is 1.48. The first-order valence-electron chi connectivity index (χ1n) is 8.65. The molecule has 0 saturated heterocycles. The molecule has 2 aromatic rings. The van der Waals surface area contributed by atoms with Crippen LogP contribution < -0.4 is 14.8 Å². The average molecular weight is 359 g/mol. The van der Waals surface area contributed by atoms with Gasteiger partial charge in [0, 0.05) is 11.0 Å². The van der Waals surface area contributed by atoms with Crippen molar-refractivity contribution in [3.8, 4) is 11.5 Å². The molecule has 1 saturated carbocycles. The minimum absolute atomic E-state index is 0.0281. The third-order valence-electron chi connectivity index (χ3n) is 4.49. The lowest BCUT2D eigenvalue weighted by Crippen LogP contribution is -2.19. The standard InChI is InChI=1S/C18H21N3O3S/c22-18(20-17-7-8-19-21(17)13-3-1-2-4-13)12-25-14-5-6-15-16(11-14)24-10-9-23-15/h5-8,11,13H,1-4,9-10,12H2,(H,20,22). The van der Waals surface area contributed by atoms with Gasteiger partial charge in [-0.25, -0.2) is 4.68 Å². The van der Waals surface area contributed by atoms with Crippen LogP contribution >= 0.6 is 11.8 Å². The van der Waals surface area contributed by atoms with Gasteiger partial charge in [0.05, 0.1) is 18.0 Å². The molecule has 4 rings (SSSR count). The van der Waals surface area contributed by atoms with Crippen LogP contribution in [-0.2, 0) is 4.79 Å². The van der Waals surface area contributed by atoms with Crippen molar-refractivity contribution in [2.24, 2.45) is 0 Å². The predicted molar refractivity (Wildman–Crippen MR) is 96.5 cm³/mol. The molecule has 0 spiro atoms. The number of thioether (sulfide) groups is 1. The minimum atomic E-state index is -0.0281. The van der Waals surface area contributed by atoms with Crippen LogP contribution in [0.1, 0.15) is 31.7 Å². The smallest absolute Gasteiger partial charge is 0.235 e. The molecule has 1 aliphatic carbocycles. The van der Waals surface area contributed by atoms with Gasteiger partial charge < -0.3 is 14.8 Å². The first-order chi connectivity index (χ1) is 12.3. The van der Waals surface area contributed by atoms with Crippen molar-refractivity contribution < 1.29 is 14.3 Å². The van der Waals surface area contributed by atoms with Crippen molar-refractivity contribution in [3.05, 3.63) is 30.5 Å². The van der Waals surface area contributed by atoms with Crippen LogP contribution in [-0.4, -0.2) is 34.7 Å². The maximum atomic E-state index is 12.3. The van der Waals surface area contributed by atoms with Crippen LogP contribution in [0.2, 0.25) is 0 Å². The van der Waals surface area contributed by atoms with Gasteiger partial charge in [0.15, 0.2) is 11.5 Å². The van der Waals surface area contributed by atoms with Crippen molar-refractivity contribution >= 4 is 23.5 Å². The Balaban J connectivity index is 1.34. The highest BCUT2D eigenvalue weighted by atomic mass is 32.2. The number of carbonyl (C=O) groups excluding carboxylic acids is 1. The highest BCUT2D eigenvalue weighted by Crippen LogP contribution is 2.34. The van der Waals surface area contributed by atoms with Gasteiger partial charge >= 0.3 is 0 Å². The van der Waals surface area contributed by atoms with E-state index >= 15 is 0 Å². The summed E-state index contributed by atoms with van der Waals surface area (Å²) in [6, 6.07) is 8.05. The Hall–Kier alpha value is -2.15. The zero-order chi connectivity index (χ0) is 17.1. The summed E-state index contributed by atoms with van der Waals surface area (Å²) in [6.45, 7) is 1.14. The molecule has 1 aliphatic heterocycles. The zero-order valence-corrected chi connectivity index (χ0v) is 14.8. The topological polar surface area (TPSA) is 65.4 Å². The lowest BCUT2D eigenvalue weighted by Gasteiger charge is -2.18. The van der Waals surface area contributed by atoms with Gasteiger partial charge in [-0.2, -0.15) is 5.10 Å². The normalized spacial score (nSPS) is 16.8. The van der Waals surface area contributed by atoms with Gasteiger partial charge in [0.2, 0.25) is 5.91 Å². The van der Waals surface area contributed by atoms with E-state index in [-0.39, 0.29) is 5.91 Å². The molecule has 1 aromatic carbocycles. The number of hydrogen-bond acceptors (Lipinski definition) is 5. The lowest BCUT2D eigenvalue weighted by atomic mass is 10.2. The first-order valence-corrected chi connectivity index (χ1v) is 9.64. The number of ether oxygens (including phenoxy) is 2. The van der Waals surface area contributed by atoms with Crippen LogP contribution in [0.3, 0.4) is 0 Å². The summed E-state index contributed by atoms with van der Waals surface area (Å²) in [5, 5.41) is 7.37. The summed E-state index contributed by atoms with van der Waals surface area (Å²) in [6.07, 6.45) is 6.49. The first kappa shape index (κ1) is 16.3. The molecule has 2 heterocycles. The highest BCUT2D eigenvalue weighted by Gasteiger charge is 2.20. The number of anilines is 1. The molecule has 132 valence electrons. The fourth-order valence-corrected chi connectivity index (χ4v) is 4.02. The Bertz CT molecular complexity index is 756. The second-order valence-electron chi connectivity index (χ2n) is 6.24. The number of carbonyl (C=O) groups is 1. The number of nitrogens with one attached hydrogen (secondary N) is 1. The van der Waals surface area contributed by atoms with E-state index in [1.54, 1.807) is 6.20 Å². The van der Waals surface area contributed by atoms with Crippen molar-refractivity contribution in [2.75, 3.05) is 24.3 Å². The Labute approximate surface area is 150 Å². The number of fused-ring (bicyclic) bond motifs is 1. The van der Waals surface area contributed by atoms with E-state index in [0.717, 1.165) is 35.1 Å². The Morgan fingerprint density at radius 1 is 1.20 bits per heavy atom. The molecule has 0 atom stereocenters. The quantitative estimate of drug-likeness (QED) is 0.828. The van der Waals surface area contributed by atoms with Gasteiger partial charge in [-0.05, 0) is 31.0 Å². The number of amides is 1. The van der Waals surface area contributed by atoms with E-state index in [1.807, 2.05) is 28.9 Å². The van der Waals surface area contributed by atoms with Crippen LogP contribution in [0.4, 0.5) is 5.82 Å². The molecule has 6 nitrogen and oxygen atoms in total. The Morgan fingerprint density at radius 3 is 2.84 bits per heavy atom. The average Bonchev–Trinajstić information content (AvgIpc) is 3.31. The summed E-state index contributed by atoms with van der Waals surface area (Å²) in [5.74, 6) is 2.62. The molecule has 2 aliphatic rings. The maximum absolute atomic E-state index is 12.3. The number of rotatable bonds is 5. The Kier molecular flexibility index (Phi) is 4.83. The summed E-state index contributed by atoms with van der Waals surface area (Å²) in [5.41, 5.74) is 0. The van der Waals surface area contributed by atoms with E-state index in [4.69, 9.17) is 9.47 Å². The number of aromatic nitrogens is 2. The van der Waals surface area contributed by atoms with Crippen molar-refractivity contribution in [3.63, 3.8) is 0 Å². The van der Waals surface area contributed by atoms with E-state index in [1.165, 1.54) is 24.6 Å². The van der Waals surface area contributed by atoms with E-state index in [0.29, 0.717) is 25.0 Å². The molecule has 1 N–H and O–H groups in total. The molecule has 0 bridgehead atoms. The third kappa shape index (κ3) is 3.76. The van der Waals surface area contributed by atoms with Crippen LogP contribution in [0.25, 0.3) is 0 Å². The largest absolute Gasteiger partial charge is 0.486 e. The molecule has 25 heavy (non-hydrogen) atoms. The lowest BCUT2D eigenvalue weighted by molar-refractivity contribution is -0.113. The van der Waals surface area contributed by atoms with Crippen LogP contribution in [0.15, 0.2) is 35.4 Å². The molecular weight excluding hydrogens is 338 g/mol. The fourth-order valence-electron chi connectivity index (χ4n) is 3.29. The maximum Gasteiger partial charge on any atom is 0.235 e. The number of benzene rings is 1. The molecule has 0 radical (unpaired) electrons. The van der Waals surface area contributed by atoms with Crippen molar-refractivity contribution in [2.45, 2.75) is 36.6 Å². The predicted octanol–water partition coefficient (Wildman–Crippen LogP) is 3.50. The summed E-state index contributed by atoms with van der Waals surface area (Å²) in [7, 11) is 0. The number of hydrogen-bond donors (Lipinski definition) is 1. The number of nitrogens with zero attached hydrogens (tertiary/aromatic N) is 2. The Morgan fingerprint density at radius 2 is 2.00 bits per heavy atom. The zero-order valence-electron chi connectivity index (χ0n) is 13.9.